The Morgan fingerprint density at radius 1 is 1.04 bits per heavy atom. The summed E-state index contributed by atoms with van der Waals surface area (Å²) in [6.45, 7) is 0. The van der Waals surface area contributed by atoms with Crippen LogP contribution in [0.5, 0.6) is 0 Å². The van der Waals surface area contributed by atoms with E-state index in [4.69, 9.17) is 9.66 Å². The Labute approximate surface area is 157 Å². The van der Waals surface area contributed by atoms with Crippen molar-refractivity contribution in [3.05, 3.63) is 59.7 Å². The van der Waals surface area contributed by atoms with Gasteiger partial charge in [0.1, 0.15) is 11.8 Å². The molecule has 2 rings (SSSR count). The molecule has 0 radical (unpaired) electrons. The van der Waals surface area contributed by atoms with Crippen LogP contribution in [0.25, 0.3) is 11.1 Å². The van der Waals surface area contributed by atoms with E-state index in [1.807, 2.05) is 0 Å². The molecule has 0 unspecified atom stereocenters. The number of amides is 1. The molecule has 0 saturated heterocycles. The SMILES string of the molecule is O=C(N[C@@H](CS(=O)(=O)O)C(=O)O)c1c(-c2ccccc2)cccc1C(F)(F)F. The standard InChI is InChI=1S/C17H14F3NO6S/c18-17(19,20)12-8-4-7-11(10-5-2-1-3-6-10)14(12)15(22)21-13(16(23)24)9-28(25,26)27/h1-8,13H,9H2,(H,21,22)(H,23,24)(H,25,26,27)/t13-/m0/s1. The van der Waals surface area contributed by atoms with Gasteiger partial charge in [0.05, 0.1) is 11.1 Å². The number of nitrogens with one attached hydrogen (secondary N) is 1. The van der Waals surface area contributed by atoms with E-state index in [0.29, 0.717) is 6.07 Å². The first-order valence-corrected chi connectivity index (χ1v) is 9.25. The third kappa shape index (κ3) is 5.30. The Morgan fingerprint density at radius 3 is 2.14 bits per heavy atom. The molecule has 0 fully saturated rings. The van der Waals surface area contributed by atoms with Crippen LogP contribution < -0.4 is 5.32 Å². The Morgan fingerprint density at radius 2 is 1.64 bits per heavy atom. The second-order valence-electron chi connectivity index (χ2n) is 5.70. The van der Waals surface area contributed by atoms with E-state index >= 15 is 0 Å². The summed E-state index contributed by atoms with van der Waals surface area (Å²) < 4.78 is 71.0. The van der Waals surface area contributed by atoms with Crippen LogP contribution in [0.4, 0.5) is 13.2 Å². The fourth-order valence-electron chi connectivity index (χ4n) is 2.51. The van der Waals surface area contributed by atoms with E-state index in [-0.39, 0.29) is 11.1 Å². The maximum Gasteiger partial charge on any atom is 0.417 e. The largest absolute Gasteiger partial charge is 0.480 e. The Bertz CT molecular complexity index is 990. The van der Waals surface area contributed by atoms with E-state index < -0.39 is 51.1 Å². The van der Waals surface area contributed by atoms with Crippen LogP contribution in [0.3, 0.4) is 0 Å². The van der Waals surface area contributed by atoms with E-state index in [9.17, 15) is 31.2 Å². The van der Waals surface area contributed by atoms with Crippen molar-refractivity contribution in [2.24, 2.45) is 0 Å². The number of carboxylic acids is 1. The highest BCUT2D eigenvalue weighted by atomic mass is 32.2. The van der Waals surface area contributed by atoms with Gasteiger partial charge in [-0.05, 0) is 17.2 Å². The van der Waals surface area contributed by atoms with Gasteiger partial charge in [-0.2, -0.15) is 21.6 Å². The average molecular weight is 417 g/mol. The van der Waals surface area contributed by atoms with Crippen LogP contribution in [0.15, 0.2) is 48.5 Å². The van der Waals surface area contributed by atoms with Crippen molar-refractivity contribution in [2.75, 3.05) is 5.75 Å². The molecule has 3 N–H and O–H groups in total. The minimum absolute atomic E-state index is 0.121. The van der Waals surface area contributed by atoms with Crippen molar-refractivity contribution in [1.82, 2.24) is 5.32 Å². The van der Waals surface area contributed by atoms with Crippen LogP contribution >= 0.6 is 0 Å². The monoisotopic (exact) mass is 417 g/mol. The van der Waals surface area contributed by atoms with E-state index in [2.05, 4.69) is 0 Å². The number of aliphatic carboxylic acids is 1. The molecule has 150 valence electrons. The molecule has 0 aromatic heterocycles. The summed E-state index contributed by atoms with van der Waals surface area (Å²) in [7, 11) is -4.81. The number of halogens is 3. The van der Waals surface area contributed by atoms with Crippen LogP contribution in [0, 0.1) is 0 Å². The predicted molar refractivity (Wildman–Crippen MR) is 92.2 cm³/mol. The lowest BCUT2D eigenvalue weighted by Crippen LogP contribution is -2.45. The summed E-state index contributed by atoms with van der Waals surface area (Å²) >= 11 is 0. The van der Waals surface area contributed by atoms with Crippen molar-refractivity contribution < 1.29 is 40.8 Å². The second-order valence-corrected chi connectivity index (χ2v) is 7.20. The zero-order valence-electron chi connectivity index (χ0n) is 14.0. The number of hydrogen-bond acceptors (Lipinski definition) is 4. The lowest BCUT2D eigenvalue weighted by Gasteiger charge is -2.19. The van der Waals surface area contributed by atoms with E-state index in [1.165, 1.54) is 30.3 Å². The van der Waals surface area contributed by atoms with Crippen molar-refractivity contribution in [3.8, 4) is 11.1 Å². The third-order valence-corrected chi connectivity index (χ3v) is 4.42. The molecule has 0 heterocycles. The van der Waals surface area contributed by atoms with Crippen LogP contribution in [0.1, 0.15) is 15.9 Å². The van der Waals surface area contributed by atoms with Gasteiger partial charge in [0.2, 0.25) is 0 Å². The summed E-state index contributed by atoms with van der Waals surface area (Å²) in [6.07, 6.45) is -4.93. The number of hydrogen-bond donors (Lipinski definition) is 3. The molecule has 0 spiro atoms. The van der Waals surface area contributed by atoms with Gasteiger partial charge in [0, 0.05) is 0 Å². The fraction of sp³-hybridized carbons (Fsp3) is 0.176. The molecule has 28 heavy (non-hydrogen) atoms. The molecular formula is C17H14F3NO6S. The number of carbonyl (C=O) groups is 2. The molecule has 2 aromatic carbocycles. The van der Waals surface area contributed by atoms with Gasteiger partial charge in [0.15, 0.2) is 0 Å². The highest BCUT2D eigenvalue weighted by Gasteiger charge is 2.37. The van der Waals surface area contributed by atoms with Gasteiger partial charge < -0.3 is 10.4 Å². The number of carboxylic acid groups (broad SMARTS) is 1. The molecular weight excluding hydrogens is 403 g/mol. The quantitative estimate of drug-likeness (QED) is 0.621. The summed E-state index contributed by atoms with van der Waals surface area (Å²) in [5, 5.41) is 10.8. The summed E-state index contributed by atoms with van der Waals surface area (Å²) in [6, 6.07) is 8.45. The van der Waals surface area contributed by atoms with Gasteiger partial charge in [0.25, 0.3) is 16.0 Å². The Balaban J connectivity index is 2.58. The number of rotatable bonds is 6. The number of alkyl halides is 3. The highest BCUT2D eigenvalue weighted by molar-refractivity contribution is 7.85. The van der Waals surface area contributed by atoms with Gasteiger partial charge in [-0.3, -0.25) is 9.35 Å². The van der Waals surface area contributed by atoms with Gasteiger partial charge in [-0.15, -0.1) is 0 Å². The lowest BCUT2D eigenvalue weighted by atomic mass is 9.94. The summed E-state index contributed by atoms with van der Waals surface area (Å²) in [4.78, 5) is 23.7. The maximum absolute atomic E-state index is 13.4. The normalized spacial score (nSPS) is 13.0. The van der Waals surface area contributed by atoms with E-state index in [1.54, 1.807) is 11.4 Å². The Kier molecular flexibility index (Phi) is 6.10. The zero-order chi connectivity index (χ0) is 21.1. The smallest absolute Gasteiger partial charge is 0.417 e. The van der Waals surface area contributed by atoms with Gasteiger partial charge in [-0.25, -0.2) is 4.79 Å². The molecule has 1 atom stereocenters. The first-order valence-electron chi connectivity index (χ1n) is 7.64. The van der Waals surface area contributed by atoms with Gasteiger partial charge in [-0.1, -0.05) is 42.5 Å². The van der Waals surface area contributed by atoms with Crippen molar-refractivity contribution in [1.29, 1.82) is 0 Å². The Hall–Kier alpha value is -2.92. The first kappa shape index (κ1) is 21.4. The molecule has 0 aliphatic carbocycles. The minimum Gasteiger partial charge on any atom is -0.480 e. The second kappa shape index (κ2) is 7.98. The predicted octanol–water partition coefficient (Wildman–Crippen LogP) is 2.44. The third-order valence-electron chi connectivity index (χ3n) is 3.66. The highest BCUT2D eigenvalue weighted by Crippen LogP contribution is 2.36. The zero-order valence-corrected chi connectivity index (χ0v) is 14.8. The maximum atomic E-state index is 13.4. The summed E-state index contributed by atoms with van der Waals surface area (Å²) in [5.74, 6) is -4.68. The first-order chi connectivity index (χ1) is 12.9. The molecule has 1 amide bonds. The minimum atomic E-state index is -4.93. The van der Waals surface area contributed by atoms with Crippen molar-refractivity contribution >= 4 is 22.0 Å². The number of benzene rings is 2. The average Bonchev–Trinajstić information content (AvgIpc) is 2.59. The lowest BCUT2D eigenvalue weighted by molar-refractivity contribution is -0.138. The van der Waals surface area contributed by atoms with Crippen molar-refractivity contribution in [3.63, 3.8) is 0 Å². The van der Waals surface area contributed by atoms with E-state index in [0.717, 1.165) is 6.07 Å². The molecule has 0 bridgehead atoms. The van der Waals surface area contributed by atoms with Crippen LogP contribution in [-0.4, -0.2) is 41.7 Å². The molecule has 2 aromatic rings. The van der Waals surface area contributed by atoms with Crippen LogP contribution in [0.2, 0.25) is 0 Å². The van der Waals surface area contributed by atoms with Crippen molar-refractivity contribution in [2.45, 2.75) is 12.2 Å². The number of carbonyl (C=O) groups excluding carboxylic acids is 1. The molecule has 11 heteroatoms. The molecule has 0 saturated carbocycles. The van der Waals surface area contributed by atoms with Crippen LogP contribution in [-0.2, 0) is 21.1 Å². The summed E-state index contributed by atoms with van der Waals surface area (Å²) in [5.41, 5.74) is -2.03. The van der Waals surface area contributed by atoms with Gasteiger partial charge >= 0.3 is 12.1 Å². The fourth-order valence-corrected chi connectivity index (χ4v) is 3.15. The molecule has 7 nitrogen and oxygen atoms in total. The topological polar surface area (TPSA) is 121 Å². The molecule has 0 aliphatic heterocycles. The molecule has 0 aliphatic rings.